The predicted octanol–water partition coefficient (Wildman–Crippen LogP) is 2.42. The van der Waals surface area contributed by atoms with Crippen molar-refractivity contribution in [3.8, 4) is 0 Å². The van der Waals surface area contributed by atoms with Crippen LogP contribution in [0.25, 0.3) is 0 Å². The Kier molecular flexibility index (Phi) is 2.16. The Balaban J connectivity index is 2.09. The molecule has 1 nitrogen and oxygen atoms in total. The molecular formula is C11H22N+. The second kappa shape index (κ2) is 3.02. The van der Waals surface area contributed by atoms with E-state index in [4.69, 9.17) is 0 Å². The number of quaternary nitrogens is 1. The predicted molar refractivity (Wildman–Crippen MR) is 52.0 cm³/mol. The van der Waals surface area contributed by atoms with Crippen molar-refractivity contribution >= 4 is 0 Å². The first-order valence-electron chi connectivity index (χ1n) is 5.59. The molecule has 2 unspecified atom stereocenters. The maximum Gasteiger partial charge on any atom is 0.0862 e. The highest BCUT2D eigenvalue weighted by molar-refractivity contribution is 4.70. The largest absolute Gasteiger partial charge is 0.321 e. The molecule has 0 bridgehead atoms. The molecule has 2 saturated heterocycles. The highest BCUT2D eigenvalue weighted by atomic mass is 15.4. The van der Waals surface area contributed by atoms with Crippen molar-refractivity contribution in [1.29, 1.82) is 0 Å². The van der Waals surface area contributed by atoms with Gasteiger partial charge in [-0.2, -0.15) is 0 Å². The van der Waals surface area contributed by atoms with Gasteiger partial charge in [0.05, 0.1) is 25.7 Å². The van der Waals surface area contributed by atoms with E-state index in [1.54, 1.807) is 0 Å². The minimum absolute atomic E-state index is 0.962. The smallest absolute Gasteiger partial charge is 0.0862 e. The van der Waals surface area contributed by atoms with Gasteiger partial charge in [-0.1, -0.05) is 6.92 Å². The van der Waals surface area contributed by atoms with Gasteiger partial charge < -0.3 is 4.48 Å². The summed E-state index contributed by atoms with van der Waals surface area (Å²) in [6.45, 7) is 9.33. The molecule has 0 amide bonds. The molecule has 2 fully saturated rings. The average Bonchev–Trinajstić information content (AvgIpc) is 2.48. The minimum atomic E-state index is 0.962. The molecule has 12 heavy (non-hydrogen) atoms. The van der Waals surface area contributed by atoms with Crippen molar-refractivity contribution < 1.29 is 4.48 Å². The second-order valence-corrected chi connectivity index (χ2v) is 5.09. The molecular weight excluding hydrogens is 146 g/mol. The summed E-state index contributed by atoms with van der Waals surface area (Å²) >= 11 is 0. The first kappa shape index (κ1) is 8.55. The van der Waals surface area contributed by atoms with E-state index >= 15 is 0 Å². The molecule has 2 atom stereocenters. The van der Waals surface area contributed by atoms with E-state index in [0.29, 0.717) is 0 Å². The fraction of sp³-hybridized carbons (Fsp3) is 1.00. The van der Waals surface area contributed by atoms with Gasteiger partial charge in [-0.05, 0) is 19.8 Å². The van der Waals surface area contributed by atoms with Crippen molar-refractivity contribution in [3.63, 3.8) is 0 Å². The summed E-state index contributed by atoms with van der Waals surface area (Å²) in [6, 6.07) is 0.962. The zero-order valence-corrected chi connectivity index (χ0v) is 8.55. The summed E-state index contributed by atoms with van der Waals surface area (Å²) in [5.74, 6) is 0.985. The van der Waals surface area contributed by atoms with Crippen LogP contribution in [0.3, 0.4) is 0 Å². The normalized spacial score (nSPS) is 40.5. The molecule has 0 radical (unpaired) electrons. The summed E-state index contributed by atoms with van der Waals surface area (Å²) in [6.07, 6.45) is 5.91. The van der Waals surface area contributed by atoms with Crippen LogP contribution in [0.4, 0.5) is 0 Å². The lowest BCUT2D eigenvalue weighted by Gasteiger charge is -2.45. The van der Waals surface area contributed by atoms with Crippen LogP contribution in [0, 0.1) is 5.92 Å². The number of rotatable bonds is 0. The van der Waals surface area contributed by atoms with Crippen molar-refractivity contribution in [2.45, 2.75) is 45.6 Å². The zero-order valence-electron chi connectivity index (χ0n) is 8.55. The van der Waals surface area contributed by atoms with Crippen LogP contribution in [0.15, 0.2) is 0 Å². The van der Waals surface area contributed by atoms with Crippen LogP contribution in [-0.2, 0) is 0 Å². The third-order valence-electron chi connectivity index (χ3n) is 4.14. The lowest BCUT2D eigenvalue weighted by molar-refractivity contribution is -0.946. The number of nitrogens with zero attached hydrogens (tertiary/aromatic N) is 1. The first-order chi connectivity index (χ1) is 5.73. The van der Waals surface area contributed by atoms with Crippen LogP contribution in [0.1, 0.15) is 39.5 Å². The molecule has 0 N–H and O–H groups in total. The SMILES string of the molecule is CC1CCC(C)[N+]2(CCCC2)C1. The number of hydrogen-bond acceptors (Lipinski definition) is 0. The Morgan fingerprint density at radius 2 is 1.67 bits per heavy atom. The van der Waals surface area contributed by atoms with Gasteiger partial charge >= 0.3 is 0 Å². The molecule has 0 aliphatic carbocycles. The summed E-state index contributed by atoms with van der Waals surface area (Å²) in [7, 11) is 0. The molecule has 1 spiro atoms. The third kappa shape index (κ3) is 1.28. The molecule has 2 aliphatic heterocycles. The molecule has 70 valence electrons. The van der Waals surface area contributed by atoms with Crippen molar-refractivity contribution in [2.24, 2.45) is 5.92 Å². The van der Waals surface area contributed by atoms with Crippen molar-refractivity contribution in [1.82, 2.24) is 0 Å². The van der Waals surface area contributed by atoms with Gasteiger partial charge in [0.15, 0.2) is 0 Å². The number of hydrogen-bond donors (Lipinski definition) is 0. The standard InChI is InChI=1S/C11H22N/c1-10-5-6-11(2)12(9-10)7-3-4-8-12/h10-11H,3-9H2,1-2H3/q+1. The van der Waals surface area contributed by atoms with E-state index < -0.39 is 0 Å². The highest BCUT2D eigenvalue weighted by Gasteiger charge is 2.41. The van der Waals surface area contributed by atoms with Crippen LogP contribution in [0.5, 0.6) is 0 Å². The molecule has 0 aromatic heterocycles. The molecule has 2 heterocycles. The summed E-state index contributed by atoms with van der Waals surface area (Å²) in [5, 5.41) is 0. The van der Waals surface area contributed by atoms with Crippen LogP contribution in [0.2, 0.25) is 0 Å². The number of piperidine rings is 1. The maximum atomic E-state index is 2.47. The van der Waals surface area contributed by atoms with E-state index in [1.807, 2.05) is 0 Å². The molecule has 0 saturated carbocycles. The van der Waals surface area contributed by atoms with Gasteiger partial charge in [-0.25, -0.2) is 0 Å². The lowest BCUT2D eigenvalue weighted by Crippen LogP contribution is -2.56. The molecule has 1 heteroatoms. The van der Waals surface area contributed by atoms with E-state index in [1.165, 1.54) is 49.8 Å². The monoisotopic (exact) mass is 168 g/mol. The Bertz CT molecular complexity index is 158. The second-order valence-electron chi connectivity index (χ2n) is 5.09. The van der Waals surface area contributed by atoms with Gasteiger partial charge in [0.25, 0.3) is 0 Å². The van der Waals surface area contributed by atoms with Gasteiger partial charge in [-0.15, -0.1) is 0 Å². The van der Waals surface area contributed by atoms with Gasteiger partial charge in [0, 0.05) is 18.8 Å². The van der Waals surface area contributed by atoms with E-state index in [0.717, 1.165) is 12.0 Å². The van der Waals surface area contributed by atoms with E-state index in [2.05, 4.69) is 13.8 Å². The fourth-order valence-corrected chi connectivity index (χ4v) is 3.28. The van der Waals surface area contributed by atoms with Crippen LogP contribution < -0.4 is 0 Å². The van der Waals surface area contributed by atoms with Gasteiger partial charge in [-0.3, -0.25) is 0 Å². The molecule has 0 aromatic carbocycles. The third-order valence-corrected chi connectivity index (χ3v) is 4.14. The van der Waals surface area contributed by atoms with Crippen LogP contribution in [-0.4, -0.2) is 30.2 Å². The first-order valence-corrected chi connectivity index (χ1v) is 5.59. The van der Waals surface area contributed by atoms with Crippen molar-refractivity contribution in [2.75, 3.05) is 19.6 Å². The highest BCUT2D eigenvalue weighted by Crippen LogP contribution is 2.33. The lowest BCUT2D eigenvalue weighted by atomic mass is 9.92. The Morgan fingerprint density at radius 3 is 2.33 bits per heavy atom. The fourth-order valence-electron chi connectivity index (χ4n) is 3.28. The Labute approximate surface area is 76.3 Å². The average molecular weight is 168 g/mol. The molecule has 0 aromatic rings. The molecule has 2 rings (SSSR count). The summed E-state index contributed by atoms with van der Waals surface area (Å²) in [5.41, 5.74) is 0. The van der Waals surface area contributed by atoms with Gasteiger partial charge in [0.2, 0.25) is 0 Å². The van der Waals surface area contributed by atoms with Gasteiger partial charge in [0.1, 0.15) is 0 Å². The van der Waals surface area contributed by atoms with Crippen LogP contribution >= 0.6 is 0 Å². The summed E-state index contributed by atoms with van der Waals surface area (Å²) < 4.78 is 1.47. The van der Waals surface area contributed by atoms with E-state index in [9.17, 15) is 0 Å². The maximum absolute atomic E-state index is 2.47. The Morgan fingerprint density at radius 1 is 1.00 bits per heavy atom. The van der Waals surface area contributed by atoms with E-state index in [-0.39, 0.29) is 0 Å². The zero-order chi connectivity index (χ0) is 8.60. The quantitative estimate of drug-likeness (QED) is 0.487. The topological polar surface area (TPSA) is 0 Å². The minimum Gasteiger partial charge on any atom is -0.321 e. The molecule has 2 aliphatic rings. The Hall–Kier alpha value is -0.0400. The van der Waals surface area contributed by atoms with Crippen molar-refractivity contribution in [3.05, 3.63) is 0 Å². The summed E-state index contributed by atoms with van der Waals surface area (Å²) in [4.78, 5) is 0.